The van der Waals surface area contributed by atoms with Crippen molar-refractivity contribution in [3.05, 3.63) is 54.4 Å². The number of aromatic nitrogens is 1. The predicted octanol–water partition coefficient (Wildman–Crippen LogP) is 1.79. The van der Waals surface area contributed by atoms with E-state index in [0.717, 1.165) is 11.1 Å². The second kappa shape index (κ2) is 7.94. The molecule has 3 rings (SSSR count). The van der Waals surface area contributed by atoms with Crippen LogP contribution in [0.25, 0.3) is 22.2 Å². The molecule has 0 aliphatic heterocycles. The van der Waals surface area contributed by atoms with Crippen LogP contribution < -0.4 is 10.6 Å². The maximum atomic E-state index is 11.9. The molecule has 1 aromatic heterocycles. The van der Waals surface area contributed by atoms with Gasteiger partial charge in [-0.2, -0.15) is 5.26 Å². The number of benzene rings is 2. The molecule has 7 heteroatoms. The number of carbonyl (C=O) groups excluding carboxylic acids is 2. The van der Waals surface area contributed by atoms with Crippen LogP contribution in [-0.2, 0) is 16.0 Å². The monoisotopic (exact) mass is 348 g/mol. The number of fused-ring (bicyclic) bond motifs is 1. The van der Waals surface area contributed by atoms with Gasteiger partial charge >= 0.3 is 0 Å². The molecule has 0 fully saturated rings. The number of hydrogen-bond donors (Lipinski definition) is 2. The fourth-order valence-electron chi connectivity index (χ4n) is 2.44. The number of hydrogen-bond acceptors (Lipinski definition) is 5. The van der Waals surface area contributed by atoms with E-state index in [1.807, 2.05) is 48.5 Å². The summed E-state index contributed by atoms with van der Waals surface area (Å²) in [5.41, 5.74) is 3.34. The summed E-state index contributed by atoms with van der Waals surface area (Å²) < 4.78 is 5.59. The van der Waals surface area contributed by atoms with Crippen molar-refractivity contribution in [1.29, 1.82) is 5.26 Å². The minimum absolute atomic E-state index is 0.0686. The molecule has 3 aromatic rings. The van der Waals surface area contributed by atoms with Gasteiger partial charge in [0.05, 0.1) is 12.6 Å². The van der Waals surface area contributed by atoms with Crippen LogP contribution in [0.1, 0.15) is 5.89 Å². The fourth-order valence-corrected chi connectivity index (χ4v) is 2.44. The highest BCUT2D eigenvalue weighted by Crippen LogP contribution is 2.24. The Morgan fingerprint density at radius 2 is 1.85 bits per heavy atom. The number of rotatable bonds is 6. The Morgan fingerprint density at radius 3 is 2.62 bits per heavy atom. The molecule has 0 radical (unpaired) electrons. The second-order valence-electron chi connectivity index (χ2n) is 5.54. The minimum atomic E-state index is -0.426. The zero-order valence-corrected chi connectivity index (χ0v) is 13.9. The normalized spacial score (nSPS) is 10.3. The summed E-state index contributed by atoms with van der Waals surface area (Å²) in [6, 6.07) is 17.3. The topological polar surface area (TPSA) is 108 Å². The van der Waals surface area contributed by atoms with E-state index in [1.165, 1.54) is 0 Å². The van der Waals surface area contributed by atoms with E-state index in [4.69, 9.17) is 9.68 Å². The maximum absolute atomic E-state index is 11.9. The molecule has 26 heavy (non-hydrogen) atoms. The van der Waals surface area contributed by atoms with Crippen molar-refractivity contribution in [2.45, 2.75) is 6.42 Å². The Bertz CT molecular complexity index is 973. The van der Waals surface area contributed by atoms with Gasteiger partial charge in [0.15, 0.2) is 5.58 Å². The van der Waals surface area contributed by atoms with Gasteiger partial charge in [-0.25, -0.2) is 4.98 Å². The summed E-state index contributed by atoms with van der Waals surface area (Å²) in [6.07, 6.45) is -0.0686. The van der Waals surface area contributed by atoms with E-state index in [-0.39, 0.29) is 31.3 Å². The lowest BCUT2D eigenvalue weighted by Crippen LogP contribution is -2.37. The molecule has 2 N–H and O–H groups in total. The Balaban J connectivity index is 1.65. The van der Waals surface area contributed by atoms with Gasteiger partial charge in [-0.05, 0) is 23.3 Å². The summed E-state index contributed by atoms with van der Waals surface area (Å²) in [5, 5.41) is 13.2. The molecular weight excluding hydrogens is 332 g/mol. The van der Waals surface area contributed by atoms with Gasteiger partial charge in [-0.3, -0.25) is 9.59 Å². The first-order valence-corrected chi connectivity index (χ1v) is 8.01. The van der Waals surface area contributed by atoms with Crippen LogP contribution in [-0.4, -0.2) is 29.9 Å². The molecule has 130 valence electrons. The smallest absolute Gasteiger partial charge is 0.240 e. The Hall–Kier alpha value is -3.66. The number of carbonyl (C=O) groups is 2. The first kappa shape index (κ1) is 17.2. The molecule has 7 nitrogen and oxygen atoms in total. The maximum Gasteiger partial charge on any atom is 0.240 e. The average molecular weight is 348 g/mol. The van der Waals surface area contributed by atoms with Crippen LogP contribution in [0.2, 0.25) is 0 Å². The number of amides is 2. The molecule has 0 unspecified atom stereocenters. The van der Waals surface area contributed by atoms with Gasteiger partial charge in [0.1, 0.15) is 18.5 Å². The van der Waals surface area contributed by atoms with Crippen LogP contribution in [0.4, 0.5) is 0 Å². The summed E-state index contributed by atoms with van der Waals surface area (Å²) in [7, 11) is 0. The van der Waals surface area contributed by atoms with Gasteiger partial charge in [-0.15, -0.1) is 0 Å². The molecule has 2 amide bonds. The van der Waals surface area contributed by atoms with E-state index < -0.39 is 5.91 Å². The van der Waals surface area contributed by atoms with E-state index >= 15 is 0 Å². The summed E-state index contributed by atoms with van der Waals surface area (Å²) in [6.45, 7) is -0.289. The molecule has 1 heterocycles. The number of oxazole rings is 1. The lowest BCUT2D eigenvalue weighted by Gasteiger charge is -2.02. The zero-order chi connectivity index (χ0) is 18.4. The van der Waals surface area contributed by atoms with Crippen molar-refractivity contribution in [1.82, 2.24) is 15.6 Å². The lowest BCUT2D eigenvalue weighted by molar-refractivity contribution is -0.125. The summed E-state index contributed by atoms with van der Waals surface area (Å²) >= 11 is 0. The average Bonchev–Trinajstić information content (AvgIpc) is 3.06. The minimum Gasteiger partial charge on any atom is -0.440 e. The SMILES string of the molecule is N#CCNC(=O)CNC(=O)Cc1nc2cc(-c3ccccc3)ccc2o1. The summed E-state index contributed by atoms with van der Waals surface area (Å²) in [4.78, 5) is 27.6. The molecule has 0 saturated carbocycles. The Labute approximate surface area is 149 Å². The van der Waals surface area contributed by atoms with Crippen LogP contribution in [0.3, 0.4) is 0 Å². The molecule has 2 aromatic carbocycles. The largest absolute Gasteiger partial charge is 0.440 e. The van der Waals surface area contributed by atoms with Gasteiger partial charge in [0, 0.05) is 0 Å². The molecule has 0 atom stereocenters. The highest BCUT2D eigenvalue weighted by atomic mass is 16.3. The summed E-state index contributed by atoms with van der Waals surface area (Å²) in [5.74, 6) is -0.531. The van der Waals surface area contributed by atoms with Crippen molar-refractivity contribution in [3.8, 4) is 17.2 Å². The van der Waals surface area contributed by atoms with Crippen LogP contribution in [0.5, 0.6) is 0 Å². The van der Waals surface area contributed by atoms with E-state index in [2.05, 4.69) is 15.6 Å². The van der Waals surface area contributed by atoms with Crippen molar-refractivity contribution < 1.29 is 14.0 Å². The van der Waals surface area contributed by atoms with Crippen LogP contribution in [0, 0.1) is 11.3 Å². The van der Waals surface area contributed by atoms with Gasteiger partial charge in [0.25, 0.3) is 0 Å². The fraction of sp³-hybridized carbons (Fsp3) is 0.158. The van der Waals surface area contributed by atoms with E-state index in [1.54, 1.807) is 6.07 Å². The number of nitrogens with one attached hydrogen (secondary N) is 2. The van der Waals surface area contributed by atoms with Crippen molar-refractivity contribution in [2.75, 3.05) is 13.1 Å². The van der Waals surface area contributed by atoms with Gasteiger partial charge < -0.3 is 15.1 Å². The molecular formula is C19H16N4O3. The van der Waals surface area contributed by atoms with Crippen LogP contribution in [0.15, 0.2) is 52.9 Å². The third kappa shape index (κ3) is 4.24. The first-order valence-electron chi connectivity index (χ1n) is 8.01. The number of nitriles is 1. The van der Waals surface area contributed by atoms with Crippen LogP contribution >= 0.6 is 0 Å². The molecule has 0 spiro atoms. The first-order chi connectivity index (χ1) is 12.7. The van der Waals surface area contributed by atoms with Crippen molar-refractivity contribution in [3.63, 3.8) is 0 Å². The zero-order valence-electron chi connectivity index (χ0n) is 13.9. The molecule has 0 saturated heterocycles. The highest BCUT2D eigenvalue weighted by molar-refractivity contribution is 5.86. The Morgan fingerprint density at radius 1 is 1.04 bits per heavy atom. The second-order valence-corrected chi connectivity index (χ2v) is 5.54. The predicted molar refractivity (Wildman–Crippen MR) is 94.8 cm³/mol. The quantitative estimate of drug-likeness (QED) is 0.660. The van der Waals surface area contributed by atoms with E-state index in [0.29, 0.717) is 11.1 Å². The molecule has 0 aliphatic carbocycles. The van der Waals surface area contributed by atoms with Crippen molar-refractivity contribution >= 4 is 22.9 Å². The van der Waals surface area contributed by atoms with Gasteiger partial charge in [0.2, 0.25) is 17.7 Å². The third-order valence-electron chi connectivity index (χ3n) is 3.66. The Kier molecular flexibility index (Phi) is 5.25. The number of nitrogens with zero attached hydrogens (tertiary/aromatic N) is 2. The standard InChI is InChI=1S/C19H16N4O3/c20-8-9-21-18(25)12-22-17(24)11-19-23-15-10-14(6-7-16(15)26-19)13-4-2-1-3-5-13/h1-7,10H,9,11-12H2,(H,21,25)(H,22,24). The van der Waals surface area contributed by atoms with E-state index in [9.17, 15) is 9.59 Å². The van der Waals surface area contributed by atoms with Gasteiger partial charge in [-0.1, -0.05) is 36.4 Å². The van der Waals surface area contributed by atoms with Crippen molar-refractivity contribution in [2.24, 2.45) is 0 Å². The molecule has 0 aliphatic rings. The lowest BCUT2D eigenvalue weighted by atomic mass is 10.1. The third-order valence-corrected chi connectivity index (χ3v) is 3.66. The molecule has 0 bridgehead atoms. The highest BCUT2D eigenvalue weighted by Gasteiger charge is 2.12.